The molecule has 0 radical (unpaired) electrons. The van der Waals surface area contributed by atoms with E-state index in [9.17, 15) is 0 Å². The highest BCUT2D eigenvalue weighted by Gasteiger charge is 2.16. The van der Waals surface area contributed by atoms with E-state index in [-0.39, 0.29) is 0 Å². The van der Waals surface area contributed by atoms with Gasteiger partial charge in [0.1, 0.15) is 5.82 Å². The van der Waals surface area contributed by atoms with E-state index in [0.717, 1.165) is 60.3 Å². The summed E-state index contributed by atoms with van der Waals surface area (Å²) in [6.45, 7) is 3.59. The first-order valence-corrected chi connectivity index (χ1v) is 9.93. The number of ether oxygens (including phenoxy) is 1. The Morgan fingerprint density at radius 2 is 1.93 bits per heavy atom. The Morgan fingerprint density at radius 3 is 2.71 bits per heavy atom. The van der Waals surface area contributed by atoms with Gasteiger partial charge in [0, 0.05) is 36.9 Å². The lowest BCUT2D eigenvalue weighted by molar-refractivity contribution is 0.00204. The van der Waals surface area contributed by atoms with Crippen molar-refractivity contribution in [1.29, 1.82) is 0 Å². The van der Waals surface area contributed by atoms with Crippen LogP contribution < -0.4 is 11.1 Å². The summed E-state index contributed by atoms with van der Waals surface area (Å²) in [5.74, 6) is 0.871. The first kappa shape index (κ1) is 18.7. The molecule has 5 heteroatoms. The molecule has 146 valence electrons. The Balaban J connectivity index is 1.30. The van der Waals surface area contributed by atoms with Crippen molar-refractivity contribution in [3.8, 4) is 0 Å². The summed E-state index contributed by atoms with van der Waals surface area (Å²) in [7, 11) is 2.17. The highest BCUT2D eigenvalue weighted by molar-refractivity contribution is 5.93. The Morgan fingerprint density at radius 1 is 1.11 bits per heavy atom. The average molecular weight is 377 g/mol. The highest BCUT2D eigenvalue weighted by Crippen LogP contribution is 2.22. The molecule has 5 nitrogen and oxygen atoms in total. The van der Waals surface area contributed by atoms with Crippen molar-refractivity contribution in [2.75, 3.05) is 31.2 Å². The minimum Gasteiger partial charge on any atom is -0.398 e. The monoisotopic (exact) mass is 376 g/mol. The number of hydrogen-bond acceptors (Lipinski definition) is 5. The third-order valence-corrected chi connectivity index (χ3v) is 5.43. The van der Waals surface area contributed by atoms with Gasteiger partial charge in [-0.2, -0.15) is 0 Å². The molecule has 0 atom stereocenters. The average Bonchev–Trinajstić information content (AvgIpc) is 2.73. The molecule has 3 N–H and O–H groups in total. The zero-order valence-corrected chi connectivity index (χ0v) is 16.4. The fourth-order valence-electron chi connectivity index (χ4n) is 3.64. The largest absolute Gasteiger partial charge is 0.398 e. The number of likely N-dealkylation sites (tertiary alicyclic amines) is 1. The van der Waals surface area contributed by atoms with Crippen LogP contribution in [0.15, 0.2) is 54.7 Å². The van der Waals surface area contributed by atoms with Gasteiger partial charge in [-0.05, 0) is 54.6 Å². The van der Waals surface area contributed by atoms with Crippen LogP contribution in [0.4, 0.5) is 11.5 Å². The maximum Gasteiger partial charge on any atom is 0.126 e. The number of nitrogens with two attached hydrogens (primary N) is 1. The van der Waals surface area contributed by atoms with Crippen molar-refractivity contribution in [3.63, 3.8) is 0 Å². The van der Waals surface area contributed by atoms with Crippen molar-refractivity contribution >= 4 is 22.3 Å². The number of piperidine rings is 1. The lowest BCUT2D eigenvalue weighted by atomic mass is 10.1. The minimum atomic E-state index is 0.371. The lowest BCUT2D eigenvalue weighted by Gasteiger charge is -2.28. The Labute approximate surface area is 166 Å². The number of aromatic nitrogens is 1. The number of hydrogen-bond donors (Lipinski definition) is 2. The summed E-state index contributed by atoms with van der Waals surface area (Å²) < 4.78 is 6.04. The maximum absolute atomic E-state index is 6.04. The van der Waals surface area contributed by atoms with Crippen LogP contribution >= 0.6 is 0 Å². The summed E-state index contributed by atoms with van der Waals surface area (Å²) in [4.78, 5) is 6.88. The number of nitrogen functional groups attached to an aromatic ring is 1. The highest BCUT2D eigenvalue weighted by atomic mass is 16.5. The van der Waals surface area contributed by atoms with Gasteiger partial charge in [-0.15, -0.1) is 0 Å². The fraction of sp³-hybridized carbons (Fsp3) is 0.348. The minimum absolute atomic E-state index is 0.371. The van der Waals surface area contributed by atoms with Gasteiger partial charge in [0.05, 0.1) is 12.7 Å². The van der Waals surface area contributed by atoms with Crippen LogP contribution in [-0.2, 0) is 17.9 Å². The molecule has 1 fully saturated rings. The van der Waals surface area contributed by atoms with E-state index in [1.54, 1.807) is 0 Å². The third-order valence-electron chi connectivity index (χ3n) is 5.43. The SMILES string of the molecule is CN1CCC(OCc2ccc(NCc3ccc4c(N)cccc4c3)nc2)CC1. The molecule has 0 bridgehead atoms. The summed E-state index contributed by atoms with van der Waals surface area (Å²) in [5, 5.41) is 5.65. The Kier molecular flexibility index (Phi) is 5.74. The molecule has 1 aliphatic heterocycles. The smallest absolute Gasteiger partial charge is 0.126 e. The number of benzene rings is 2. The molecular formula is C23H28N4O. The van der Waals surface area contributed by atoms with E-state index in [1.165, 1.54) is 5.56 Å². The maximum atomic E-state index is 6.04. The molecule has 0 unspecified atom stereocenters. The number of anilines is 2. The molecule has 0 amide bonds. The molecule has 0 aliphatic carbocycles. The fourth-order valence-corrected chi connectivity index (χ4v) is 3.64. The molecule has 0 saturated carbocycles. The van der Waals surface area contributed by atoms with E-state index in [2.05, 4.69) is 52.6 Å². The van der Waals surface area contributed by atoms with E-state index in [0.29, 0.717) is 12.7 Å². The number of nitrogens with one attached hydrogen (secondary N) is 1. The second-order valence-electron chi connectivity index (χ2n) is 7.62. The van der Waals surface area contributed by atoms with Gasteiger partial charge < -0.3 is 20.7 Å². The number of fused-ring (bicyclic) bond motifs is 1. The van der Waals surface area contributed by atoms with Gasteiger partial charge >= 0.3 is 0 Å². The van der Waals surface area contributed by atoms with Crippen LogP contribution in [0.25, 0.3) is 10.8 Å². The molecule has 1 aliphatic rings. The van der Waals surface area contributed by atoms with Crippen molar-refractivity contribution in [2.45, 2.75) is 32.1 Å². The van der Waals surface area contributed by atoms with Crippen molar-refractivity contribution in [1.82, 2.24) is 9.88 Å². The number of pyridine rings is 1. The van der Waals surface area contributed by atoms with Crippen LogP contribution in [-0.4, -0.2) is 36.1 Å². The van der Waals surface area contributed by atoms with E-state index in [4.69, 9.17) is 10.5 Å². The second-order valence-corrected chi connectivity index (χ2v) is 7.62. The van der Waals surface area contributed by atoms with Gasteiger partial charge in [0.25, 0.3) is 0 Å². The van der Waals surface area contributed by atoms with Gasteiger partial charge in [-0.3, -0.25) is 0 Å². The Bertz CT molecular complexity index is 918. The second kappa shape index (κ2) is 8.59. The predicted octanol–water partition coefficient (Wildman–Crippen LogP) is 4.04. The molecule has 1 saturated heterocycles. The van der Waals surface area contributed by atoms with E-state index < -0.39 is 0 Å². The molecule has 0 spiro atoms. The van der Waals surface area contributed by atoms with Gasteiger partial charge in [0.15, 0.2) is 0 Å². The van der Waals surface area contributed by atoms with Crippen LogP contribution in [0, 0.1) is 0 Å². The zero-order valence-electron chi connectivity index (χ0n) is 16.4. The third kappa shape index (κ3) is 4.61. The van der Waals surface area contributed by atoms with E-state index >= 15 is 0 Å². The normalized spacial score (nSPS) is 15.8. The topological polar surface area (TPSA) is 63.4 Å². The predicted molar refractivity (Wildman–Crippen MR) is 115 cm³/mol. The van der Waals surface area contributed by atoms with Crippen LogP contribution in [0.2, 0.25) is 0 Å². The zero-order chi connectivity index (χ0) is 19.3. The first-order chi connectivity index (χ1) is 13.7. The summed E-state index contributed by atoms with van der Waals surface area (Å²) >= 11 is 0. The van der Waals surface area contributed by atoms with Gasteiger partial charge in [-0.1, -0.05) is 30.3 Å². The van der Waals surface area contributed by atoms with Crippen LogP contribution in [0.5, 0.6) is 0 Å². The molecule has 3 aromatic rings. The van der Waals surface area contributed by atoms with Crippen molar-refractivity contribution < 1.29 is 4.74 Å². The molecule has 2 heterocycles. The molecule has 1 aromatic heterocycles. The first-order valence-electron chi connectivity index (χ1n) is 9.93. The molecular weight excluding hydrogens is 348 g/mol. The Hall–Kier alpha value is -2.63. The molecule has 28 heavy (non-hydrogen) atoms. The van der Waals surface area contributed by atoms with Crippen LogP contribution in [0.1, 0.15) is 24.0 Å². The number of nitrogens with zero attached hydrogens (tertiary/aromatic N) is 2. The summed E-state index contributed by atoms with van der Waals surface area (Å²) in [6.07, 6.45) is 4.50. The van der Waals surface area contributed by atoms with Crippen molar-refractivity contribution in [3.05, 3.63) is 65.9 Å². The van der Waals surface area contributed by atoms with Crippen LogP contribution in [0.3, 0.4) is 0 Å². The summed E-state index contributed by atoms with van der Waals surface area (Å²) in [6, 6.07) is 16.5. The van der Waals surface area contributed by atoms with E-state index in [1.807, 2.05) is 24.4 Å². The van der Waals surface area contributed by atoms with Crippen molar-refractivity contribution in [2.24, 2.45) is 0 Å². The molecule has 4 rings (SSSR count). The summed E-state index contributed by atoms with van der Waals surface area (Å²) in [5.41, 5.74) is 9.16. The van der Waals surface area contributed by atoms with Gasteiger partial charge in [-0.25, -0.2) is 4.98 Å². The number of rotatable bonds is 6. The van der Waals surface area contributed by atoms with Gasteiger partial charge in [0.2, 0.25) is 0 Å². The molecule has 2 aromatic carbocycles. The lowest BCUT2D eigenvalue weighted by Crippen LogP contribution is -2.34. The standard InChI is InChI=1S/C23H28N4O/c1-27-11-9-20(10-12-27)28-16-18-6-8-23(26-15-18)25-14-17-5-7-21-19(13-17)3-2-4-22(21)24/h2-8,13,15,20H,9-12,14,16,24H2,1H3,(H,25,26). The quantitative estimate of drug-likeness (QED) is 0.636.